The average molecular weight is 467 g/mol. The van der Waals surface area contributed by atoms with Crippen LogP contribution in [0.4, 0.5) is 0 Å². The monoisotopic (exact) mass is 467 g/mol. The van der Waals surface area contributed by atoms with Crippen molar-refractivity contribution >= 4 is 0 Å². The van der Waals surface area contributed by atoms with Crippen LogP contribution in [-0.4, -0.2) is 42.6 Å². The van der Waals surface area contributed by atoms with Crippen LogP contribution in [0, 0.1) is 6.92 Å². The van der Waals surface area contributed by atoms with Gasteiger partial charge in [0.05, 0.1) is 20.3 Å². The molecule has 0 bridgehead atoms. The van der Waals surface area contributed by atoms with E-state index in [1.807, 2.05) is 37.3 Å². The topological polar surface area (TPSA) is 122 Å². The first-order chi connectivity index (χ1) is 16.6. The van der Waals surface area contributed by atoms with Gasteiger partial charge >= 0.3 is 5.76 Å². The van der Waals surface area contributed by atoms with E-state index in [9.17, 15) is 4.79 Å². The molecule has 2 heterocycles. The van der Waals surface area contributed by atoms with Gasteiger partial charge in [-0.2, -0.15) is 0 Å². The van der Waals surface area contributed by atoms with E-state index >= 15 is 0 Å². The fourth-order valence-electron chi connectivity index (χ4n) is 3.26. The van der Waals surface area contributed by atoms with Crippen molar-refractivity contribution in [3.63, 3.8) is 0 Å². The molecular weight excluding hydrogens is 442 g/mol. The molecule has 0 spiro atoms. The summed E-state index contributed by atoms with van der Waals surface area (Å²) in [4.78, 5) is 18.4. The first-order valence-corrected chi connectivity index (χ1v) is 10.6. The van der Waals surface area contributed by atoms with Gasteiger partial charge in [-0.15, -0.1) is 0 Å². The third kappa shape index (κ3) is 5.53. The second kappa shape index (κ2) is 10.8. The predicted molar refractivity (Wildman–Crippen MR) is 122 cm³/mol. The minimum atomic E-state index is -0.603. The second-order valence-electron chi connectivity index (χ2n) is 7.37. The van der Waals surface area contributed by atoms with Crippen molar-refractivity contribution in [3.05, 3.63) is 70.0 Å². The summed E-state index contributed by atoms with van der Waals surface area (Å²) in [6.07, 6.45) is 0. The van der Waals surface area contributed by atoms with E-state index < -0.39 is 5.76 Å². The largest absolute Gasteiger partial charge is 0.497 e. The summed E-state index contributed by atoms with van der Waals surface area (Å²) in [6.45, 7) is 3.22. The van der Waals surface area contributed by atoms with Crippen LogP contribution in [-0.2, 0) is 22.7 Å². The Morgan fingerprint density at radius 2 is 1.79 bits per heavy atom. The number of H-pyrrole nitrogens is 1. The van der Waals surface area contributed by atoms with E-state index in [-0.39, 0.29) is 13.2 Å². The minimum absolute atomic E-state index is 0.183. The third-order valence-electron chi connectivity index (χ3n) is 5.05. The Labute approximate surface area is 195 Å². The molecule has 4 aromatic rings. The Balaban J connectivity index is 1.51. The third-order valence-corrected chi connectivity index (χ3v) is 5.05. The molecular formula is C24H25N3O7. The first-order valence-electron chi connectivity index (χ1n) is 10.6. The molecule has 0 aliphatic carbocycles. The van der Waals surface area contributed by atoms with Crippen molar-refractivity contribution in [1.82, 2.24) is 15.1 Å². The zero-order chi connectivity index (χ0) is 23.9. The number of benzene rings is 2. The molecule has 0 aliphatic rings. The summed E-state index contributed by atoms with van der Waals surface area (Å²) in [6, 6.07) is 12.9. The fourth-order valence-corrected chi connectivity index (χ4v) is 3.26. The van der Waals surface area contributed by atoms with E-state index in [1.54, 1.807) is 26.4 Å². The summed E-state index contributed by atoms with van der Waals surface area (Å²) in [5.41, 5.74) is 3.05. The molecule has 0 amide bonds. The number of aryl methyl sites for hydroxylation is 1. The highest BCUT2D eigenvalue weighted by Gasteiger charge is 2.16. The number of aromatic amines is 1. The highest BCUT2D eigenvalue weighted by Crippen LogP contribution is 2.27. The zero-order valence-corrected chi connectivity index (χ0v) is 19.1. The molecule has 0 fully saturated rings. The Kier molecular flexibility index (Phi) is 7.41. The van der Waals surface area contributed by atoms with Gasteiger partial charge in [-0.1, -0.05) is 5.16 Å². The lowest BCUT2D eigenvalue weighted by atomic mass is 10.1. The normalized spacial score (nSPS) is 11.0. The maximum atomic E-state index is 11.2. The summed E-state index contributed by atoms with van der Waals surface area (Å²) >= 11 is 0. The SMILES string of the molecule is COCCOCc1oc(-c2ccc(OC)cc2)nc1COc1ccc(-c2noc(=O)[nH]2)c(C)c1. The van der Waals surface area contributed by atoms with Gasteiger partial charge in [0.1, 0.15) is 30.4 Å². The molecule has 10 nitrogen and oxygen atoms in total. The first kappa shape index (κ1) is 23.3. The molecule has 4 rings (SSSR count). The van der Waals surface area contributed by atoms with Crippen molar-refractivity contribution in [2.24, 2.45) is 0 Å². The molecule has 0 unspecified atom stereocenters. The lowest BCUT2D eigenvalue weighted by Gasteiger charge is -2.08. The van der Waals surface area contributed by atoms with Gasteiger partial charge in [-0.25, -0.2) is 9.78 Å². The van der Waals surface area contributed by atoms with Gasteiger partial charge in [0, 0.05) is 18.2 Å². The lowest BCUT2D eigenvalue weighted by molar-refractivity contribution is 0.0531. The minimum Gasteiger partial charge on any atom is -0.497 e. The van der Waals surface area contributed by atoms with Crippen molar-refractivity contribution in [1.29, 1.82) is 0 Å². The molecule has 2 aromatic heterocycles. The molecule has 10 heteroatoms. The average Bonchev–Trinajstić information content (AvgIpc) is 3.46. The number of nitrogens with one attached hydrogen (secondary N) is 1. The number of aromatic nitrogens is 3. The number of ether oxygens (including phenoxy) is 4. The van der Waals surface area contributed by atoms with Crippen LogP contribution in [0.3, 0.4) is 0 Å². The Morgan fingerprint density at radius 3 is 2.47 bits per heavy atom. The highest BCUT2D eigenvalue weighted by molar-refractivity contribution is 5.60. The molecule has 0 saturated heterocycles. The second-order valence-corrected chi connectivity index (χ2v) is 7.37. The number of methoxy groups -OCH3 is 2. The zero-order valence-electron chi connectivity index (χ0n) is 19.1. The maximum absolute atomic E-state index is 11.2. The van der Waals surface area contributed by atoms with Crippen LogP contribution in [0.5, 0.6) is 11.5 Å². The Morgan fingerprint density at radius 1 is 1.00 bits per heavy atom. The summed E-state index contributed by atoms with van der Waals surface area (Å²) < 4.78 is 32.5. The van der Waals surface area contributed by atoms with Gasteiger partial charge in [0.25, 0.3) is 0 Å². The molecule has 34 heavy (non-hydrogen) atoms. The van der Waals surface area contributed by atoms with Crippen LogP contribution in [0.1, 0.15) is 17.0 Å². The van der Waals surface area contributed by atoms with E-state index in [0.717, 1.165) is 22.4 Å². The van der Waals surface area contributed by atoms with E-state index in [0.29, 0.717) is 42.1 Å². The Bertz CT molecular complexity index is 1270. The number of rotatable bonds is 11. The van der Waals surface area contributed by atoms with E-state index in [2.05, 4.69) is 19.6 Å². The Hall–Kier alpha value is -3.89. The van der Waals surface area contributed by atoms with Gasteiger partial charge in [0.2, 0.25) is 5.89 Å². The van der Waals surface area contributed by atoms with Gasteiger partial charge in [0.15, 0.2) is 11.6 Å². The highest BCUT2D eigenvalue weighted by atomic mass is 16.5. The number of oxazole rings is 1. The van der Waals surface area contributed by atoms with Crippen LogP contribution >= 0.6 is 0 Å². The van der Waals surface area contributed by atoms with Crippen molar-refractivity contribution < 1.29 is 27.9 Å². The molecule has 0 radical (unpaired) electrons. The molecule has 0 atom stereocenters. The predicted octanol–water partition coefficient (Wildman–Crippen LogP) is 3.74. The quantitative estimate of drug-likeness (QED) is 0.329. The molecule has 0 aliphatic heterocycles. The summed E-state index contributed by atoms with van der Waals surface area (Å²) in [5.74, 6) is 2.19. The van der Waals surface area contributed by atoms with Crippen molar-refractivity contribution in [2.45, 2.75) is 20.1 Å². The van der Waals surface area contributed by atoms with E-state index in [4.69, 9.17) is 23.4 Å². The maximum Gasteiger partial charge on any atom is 0.439 e. The van der Waals surface area contributed by atoms with E-state index in [1.165, 1.54) is 0 Å². The van der Waals surface area contributed by atoms with Gasteiger partial charge < -0.3 is 23.4 Å². The smallest absolute Gasteiger partial charge is 0.439 e. The summed E-state index contributed by atoms with van der Waals surface area (Å²) in [5, 5.41) is 3.73. The van der Waals surface area contributed by atoms with Gasteiger partial charge in [-0.3, -0.25) is 9.51 Å². The van der Waals surface area contributed by atoms with Crippen LogP contribution < -0.4 is 15.2 Å². The number of hydrogen-bond donors (Lipinski definition) is 1. The van der Waals surface area contributed by atoms with Crippen molar-refractivity contribution in [2.75, 3.05) is 27.4 Å². The molecule has 2 aromatic carbocycles. The molecule has 1 N–H and O–H groups in total. The molecule has 0 saturated carbocycles. The number of nitrogens with zero attached hydrogens (tertiary/aromatic N) is 2. The van der Waals surface area contributed by atoms with Crippen LogP contribution in [0.25, 0.3) is 22.8 Å². The summed E-state index contributed by atoms with van der Waals surface area (Å²) in [7, 11) is 3.23. The molecule has 178 valence electrons. The standard InChI is InChI=1S/C24H25N3O7/c1-15-12-18(8-9-19(15)22-26-24(28)34-27-22)32-13-20-21(14-31-11-10-29-2)33-23(25-20)16-4-6-17(30-3)7-5-16/h4-9,12H,10-11,13-14H2,1-3H3,(H,26,27,28). The van der Waals surface area contributed by atoms with Crippen LogP contribution in [0.2, 0.25) is 0 Å². The van der Waals surface area contributed by atoms with Crippen molar-refractivity contribution in [3.8, 4) is 34.3 Å². The number of hydrogen-bond acceptors (Lipinski definition) is 9. The lowest BCUT2D eigenvalue weighted by Crippen LogP contribution is -2.04. The van der Waals surface area contributed by atoms with Gasteiger partial charge in [-0.05, 0) is 55.0 Å². The van der Waals surface area contributed by atoms with Crippen LogP contribution in [0.15, 0.2) is 56.2 Å². The fraction of sp³-hybridized carbons (Fsp3) is 0.292.